The molecule has 0 aliphatic heterocycles. The number of unbranched alkanes of at least 4 members (excludes halogenated alkanes) is 1. The number of hydrogen-bond donors (Lipinski definition) is 0. The van der Waals surface area contributed by atoms with E-state index in [9.17, 15) is 4.79 Å². The van der Waals surface area contributed by atoms with Gasteiger partial charge in [-0.05, 0) is 12.8 Å². The summed E-state index contributed by atoms with van der Waals surface area (Å²) >= 11 is 0. The first-order chi connectivity index (χ1) is 4.62. The largest absolute Gasteiger partial charge is 0.303 e. The minimum Gasteiger partial charge on any atom is -0.303 e. The first kappa shape index (κ1) is 9.23. The molecule has 0 aromatic rings. The lowest BCUT2D eigenvalue weighted by molar-refractivity contribution is -0.115. The lowest BCUT2D eigenvalue weighted by atomic mass is 9.89. The highest BCUT2D eigenvalue weighted by molar-refractivity contribution is 5.57. The molecule has 0 aromatic carbocycles. The van der Waals surface area contributed by atoms with Gasteiger partial charge in [0, 0.05) is 11.8 Å². The van der Waals surface area contributed by atoms with E-state index in [1.807, 2.05) is 13.8 Å². The van der Waals surface area contributed by atoms with Crippen molar-refractivity contribution in [1.82, 2.24) is 0 Å². The second-order valence-electron chi connectivity index (χ2n) is 3.16. The summed E-state index contributed by atoms with van der Waals surface area (Å²) < 4.78 is 0. The van der Waals surface area contributed by atoms with Crippen molar-refractivity contribution in [3.05, 3.63) is 0 Å². The molecule has 0 saturated carbocycles. The van der Waals surface area contributed by atoms with E-state index in [-0.39, 0.29) is 5.41 Å². The Kier molecular flexibility index (Phi) is 3.79. The Morgan fingerprint density at radius 2 is 2.20 bits per heavy atom. The van der Waals surface area contributed by atoms with Crippen LogP contribution in [0.25, 0.3) is 0 Å². The first-order valence-electron chi connectivity index (χ1n) is 3.52. The van der Waals surface area contributed by atoms with Gasteiger partial charge in [-0.3, -0.25) is 0 Å². The third-order valence-corrected chi connectivity index (χ3v) is 1.46. The van der Waals surface area contributed by atoms with Gasteiger partial charge < -0.3 is 4.79 Å². The molecule has 0 saturated heterocycles. The van der Waals surface area contributed by atoms with Crippen molar-refractivity contribution >= 4 is 6.29 Å². The Morgan fingerprint density at radius 3 is 2.60 bits per heavy atom. The molecule has 0 N–H and O–H groups in total. The zero-order valence-corrected chi connectivity index (χ0v) is 6.68. The molecular weight excluding hydrogens is 124 g/mol. The van der Waals surface area contributed by atoms with Gasteiger partial charge in [-0.25, -0.2) is 0 Å². The van der Waals surface area contributed by atoms with Crippen LogP contribution in [0.3, 0.4) is 0 Å². The van der Waals surface area contributed by atoms with Gasteiger partial charge in [0.1, 0.15) is 6.29 Å². The van der Waals surface area contributed by atoms with Crippen LogP contribution in [0.2, 0.25) is 0 Å². The highest BCUT2D eigenvalue weighted by Gasteiger charge is 2.14. The molecule has 0 atom stereocenters. The summed E-state index contributed by atoms with van der Waals surface area (Å²) in [5.41, 5.74) is -0.184. The number of hydrogen-bond acceptors (Lipinski definition) is 1. The fourth-order valence-corrected chi connectivity index (χ4v) is 0.705. The van der Waals surface area contributed by atoms with Crippen molar-refractivity contribution in [2.24, 2.45) is 5.41 Å². The summed E-state index contributed by atoms with van der Waals surface area (Å²) in [5.74, 6) is 2.55. The fourth-order valence-electron chi connectivity index (χ4n) is 0.705. The van der Waals surface area contributed by atoms with Crippen molar-refractivity contribution in [1.29, 1.82) is 0 Å². The van der Waals surface area contributed by atoms with Crippen molar-refractivity contribution < 1.29 is 4.79 Å². The summed E-state index contributed by atoms with van der Waals surface area (Å²) in [6.45, 7) is 3.85. The molecule has 1 heteroatoms. The van der Waals surface area contributed by atoms with Gasteiger partial charge in [-0.1, -0.05) is 13.8 Å². The third-order valence-electron chi connectivity index (χ3n) is 1.46. The monoisotopic (exact) mass is 138 g/mol. The van der Waals surface area contributed by atoms with Gasteiger partial charge in [-0.15, -0.1) is 12.3 Å². The number of carbonyl (C=O) groups is 1. The number of carbonyl (C=O) groups excluding carboxylic acids is 1. The predicted octanol–water partition coefficient (Wildman–Crippen LogP) is 2.01. The first-order valence-corrected chi connectivity index (χ1v) is 3.52. The minimum atomic E-state index is -0.184. The maximum Gasteiger partial charge on any atom is 0.125 e. The minimum absolute atomic E-state index is 0.184. The smallest absolute Gasteiger partial charge is 0.125 e. The molecule has 0 bridgehead atoms. The van der Waals surface area contributed by atoms with Crippen molar-refractivity contribution in [3.8, 4) is 12.3 Å². The quantitative estimate of drug-likeness (QED) is 0.330. The summed E-state index contributed by atoms with van der Waals surface area (Å²) in [7, 11) is 0. The Hall–Kier alpha value is -0.770. The molecule has 0 heterocycles. The molecule has 0 rings (SSSR count). The van der Waals surface area contributed by atoms with Crippen LogP contribution in [-0.4, -0.2) is 6.29 Å². The van der Waals surface area contributed by atoms with Gasteiger partial charge in [0.25, 0.3) is 0 Å². The molecule has 10 heavy (non-hydrogen) atoms. The van der Waals surface area contributed by atoms with E-state index < -0.39 is 0 Å². The summed E-state index contributed by atoms with van der Waals surface area (Å²) in [6, 6.07) is 0. The third kappa shape index (κ3) is 4.14. The Labute approximate surface area is 62.8 Å². The lowest BCUT2D eigenvalue weighted by Gasteiger charge is -2.14. The van der Waals surface area contributed by atoms with Crippen LogP contribution in [0.5, 0.6) is 0 Å². The Balaban J connectivity index is 3.49. The van der Waals surface area contributed by atoms with Gasteiger partial charge in [0.2, 0.25) is 0 Å². The zero-order chi connectivity index (χ0) is 8.04. The number of rotatable bonds is 4. The van der Waals surface area contributed by atoms with Gasteiger partial charge in [-0.2, -0.15) is 0 Å². The van der Waals surface area contributed by atoms with Crippen molar-refractivity contribution in [3.63, 3.8) is 0 Å². The molecule has 1 nitrogen and oxygen atoms in total. The van der Waals surface area contributed by atoms with Crippen LogP contribution in [0.15, 0.2) is 0 Å². The maximum atomic E-state index is 10.4. The van der Waals surface area contributed by atoms with E-state index in [2.05, 4.69) is 5.92 Å². The van der Waals surface area contributed by atoms with E-state index in [0.29, 0.717) is 0 Å². The molecule has 0 spiro atoms. The average molecular weight is 138 g/mol. The van der Waals surface area contributed by atoms with Gasteiger partial charge in [0.05, 0.1) is 0 Å². The zero-order valence-electron chi connectivity index (χ0n) is 6.68. The molecule has 0 aliphatic rings. The Bertz CT molecular complexity index is 139. The van der Waals surface area contributed by atoms with Crippen LogP contribution in [0.4, 0.5) is 0 Å². The number of aldehydes is 1. The van der Waals surface area contributed by atoms with Crippen LogP contribution in [0, 0.1) is 17.8 Å². The fraction of sp³-hybridized carbons (Fsp3) is 0.667. The van der Waals surface area contributed by atoms with E-state index in [1.54, 1.807) is 0 Å². The molecule has 0 aromatic heterocycles. The standard InChI is InChI=1S/C9H14O/c1-4-5-6-7-9(2,3)8-10/h1,8H,5-7H2,2-3H3. The number of terminal acetylenes is 1. The lowest BCUT2D eigenvalue weighted by Crippen LogP contribution is -2.11. The second kappa shape index (κ2) is 4.11. The summed E-state index contributed by atoms with van der Waals surface area (Å²) in [4.78, 5) is 10.4. The maximum absolute atomic E-state index is 10.4. The van der Waals surface area contributed by atoms with Gasteiger partial charge in [0.15, 0.2) is 0 Å². The summed E-state index contributed by atoms with van der Waals surface area (Å²) in [5, 5.41) is 0. The van der Waals surface area contributed by atoms with Gasteiger partial charge >= 0.3 is 0 Å². The Morgan fingerprint density at radius 1 is 1.60 bits per heavy atom. The molecule has 0 fully saturated rings. The van der Waals surface area contributed by atoms with Crippen LogP contribution in [0.1, 0.15) is 33.1 Å². The predicted molar refractivity (Wildman–Crippen MR) is 42.5 cm³/mol. The SMILES string of the molecule is C#CCCCC(C)(C)C=O. The average Bonchev–Trinajstić information content (AvgIpc) is 1.89. The van der Waals surface area contributed by atoms with E-state index in [0.717, 1.165) is 25.5 Å². The second-order valence-corrected chi connectivity index (χ2v) is 3.16. The molecule has 0 amide bonds. The highest BCUT2D eigenvalue weighted by Crippen LogP contribution is 2.19. The van der Waals surface area contributed by atoms with E-state index in [4.69, 9.17) is 6.42 Å². The molecule has 0 unspecified atom stereocenters. The van der Waals surface area contributed by atoms with Crippen LogP contribution in [-0.2, 0) is 4.79 Å². The van der Waals surface area contributed by atoms with E-state index >= 15 is 0 Å². The molecule has 0 radical (unpaired) electrons. The van der Waals surface area contributed by atoms with Crippen molar-refractivity contribution in [2.75, 3.05) is 0 Å². The van der Waals surface area contributed by atoms with Crippen LogP contribution < -0.4 is 0 Å². The van der Waals surface area contributed by atoms with E-state index in [1.165, 1.54) is 0 Å². The van der Waals surface area contributed by atoms with Crippen molar-refractivity contribution in [2.45, 2.75) is 33.1 Å². The molecular formula is C9H14O. The highest BCUT2D eigenvalue weighted by atomic mass is 16.1. The molecule has 56 valence electrons. The normalized spacial score (nSPS) is 10.5. The topological polar surface area (TPSA) is 17.1 Å². The molecule has 0 aliphatic carbocycles. The van der Waals surface area contributed by atoms with Crippen LogP contribution >= 0.6 is 0 Å². The summed E-state index contributed by atoms with van der Waals surface area (Å²) in [6.07, 6.45) is 8.66.